The molecule has 5 heteroatoms. The van der Waals surface area contributed by atoms with Crippen LogP contribution in [0.25, 0.3) is 10.6 Å². The van der Waals surface area contributed by atoms with Crippen LogP contribution in [0.4, 0.5) is 0 Å². The summed E-state index contributed by atoms with van der Waals surface area (Å²) in [5, 5.41) is 10.1. The number of thiazole rings is 1. The lowest BCUT2D eigenvalue weighted by atomic mass is 9.94. The van der Waals surface area contributed by atoms with E-state index in [1.807, 2.05) is 18.2 Å². The van der Waals surface area contributed by atoms with E-state index >= 15 is 0 Å². The number of carbonyl (C=O) groups is 1. The molecular weight excluding hydrogens is 320 g/mol. The van der Waals surface area contributed by atoms with Crippen LogP contribution in [0.3, 0.4) is 0 Å². The molecule has 1 aromatic carbocycles. The minimum absolute atomic E-state index is 0.334. The maximum atomic E-state index is 11.3. The second-order valence-corrected chi connectivity index (χ2v) is 7.60. The SMILES string of the molecule is Cc1nc(-c2ccccc2CN(C)C2CCCCC2)sc1C(=O)O. The molecule has 1 heterocycles. The maximum Gasteiger partial charge on any atom is 0.347 e. The Morgan fingerprint density at radius 2 is 2.00 bits per heavy atom. The second-order valence-electron chi connectivity index (χ2n) is 6.60. The summed E-state index contributed by atoms with van der Waals surface area (Å²) < 4.78 is 0. The molecule has 0 spiro atoms. The number of carboxylic acids is 1. The highest BCUT2D eigenvalue weighted by Crippen LogP contribution is 2.32. The highest BCUT2D eigenvalue weighted by Gasteiger charge is 2.21. The molecule has 1 fully saturated rings. The Kier molecular flexibility index (Phi) is 5.31. The van der Waals surface area contributed by atoms with Gasteiger partial charge in [0.05, 0.1) is 5.69 Å². The molecule has 0 saturated heterocycles. The fraction of sp³-hybridized carbons (Fsp3) is 0.474. The lowest BCUT2D eigenvalue weighted by Crippen LogP contribution is -2.33. The molecule has 1 saturated carbocycles. The minimum Gasteiger partial charge on any atom is -0.477 e. The number of hydrogen-bond donors (Lipinski definition) is 1. The van der Waals surface area contributed by atoms with E-state index in [2.05, 4.69) is 23.0 Å². The first-order valence-corrected chi connectivity index (χ1v) is 9.37. The quantitative estimate of drug-likeness (QED) is 0.862. The van der Waals surface area contributed by atoms with Crippen molar-refractivity contribution in [3.05, 3.63) is 40.4 Å². The van der Waals surface area contributed by atoms with Crippen LogP contribution in [0.2, 0.25) is 0 Å². The average Bonchev–Trinajstić information content (AvgIpc) is 2.98. The van der Waals surface area contributed by atoms with Crippen LogP contribution in [0.5, 0.6) is 0 Å². The summed E-state index contributed by atoms with van der Waals surface area (Å²) in [4.78, 5) is 18.6. The van der Waals surface area contributed by atoms with Crippen molar-refractivity contribution in [1.29, 1.82) is 0 Å². The number of benzene rings is 1. The van der Waals surface area contributed by atoms with Crippen LogP contribution in [0.15, 0.2) is 24.3 Å². The third-order valence-electron chi connectivity index (χ3n) is 4.86. The zero-order valence-corrected chi connectivity index (χ0v) is 15.1. The molecule has 1 N–H and O–H groups in total. The number of nitrogens with zero attached hydrogens (tertiary/aromatic N) is 2. The van der Waals surface area contributed by atoms with Crippen LogP contribution < -0.4 is 0 Å². The second kappa shape index (κ2) is 7.45. The Morgan fingerprint density at radius 3 is 2.67 bits per heavy atom. The third-order valence-corrected chi connectivity index (χ3v) is 6.04. The minimum atomic E-state index is -0.895. The van der Waals surface area contributed by atoms with Crippen molar-refractivity contribution in [1.82, 2.24) is 9.88 Å². The van der Waals surface area contributed by atoms with Gasteiger partial charge in [0.15, 0.2) is 0 Å². The van der Waals surface area contributed by atoms with Crippen molar-refractivity contribution in [2.75, 3.05) is 7.05 Å². The number of aromatic nitrogens is 1. The smallest absolute Gasteiger partial charge is 0.347 e. The first-order valence-electron chi connectivity index (χ1n) is 8.55. The largest absolute Gasteiger partial charge is 0.477 e. The molecule has 0 unspecified atom stereocenters. The fourth-order valence-electron chi connectivity index (χ4n) is 3.50. The highest BCUT2D eigenvalue weighted by atomic mass is 32.1. The van der Waals surface area contributed by atoms with Gasteiger partial charge in [-0.15, -0.1) is 11.3 Å². The molecule has 0 radical (unpaired) electrons. The molecule has 3 rings (SSSR count). The van der Waals surface area contributed by atoms with E-state index in [0.29, 0.717) is 16.6 Å². The summed E-state index contributed by atoms with van der Waals surface area (Å²) in [7, 11) is 2.20. The molecule has 1 aliphatic carbocycles. The Bertz CT molecular complexity index is 720. The van der Waals surface area contributed by atoms with Gasteiger partial charge in [-0.1, -0.05) is 43.5 Å². The zero-order valence-electron chi connectivity index (χ0n) is 14.3. The normalized spacial score (nSPS) is 15.8. The van der Waals surface area contributed by atoms with Crippen LogP contribution in [0, 0.1) is 6.92 Å². The third kappa shape index (κ3) is 3.68. The van der Waals surface area contributed by atoms with Crippen molar-refractivity contribution < 1.29 is 9.90 Å². The van der Waals surface area contributed by atoms with Crippen molar-refractivity contribution in [2.45, 2.75) is 51.6 Å². The first kappa shape index (κ1) is 17.1. The fourth-order valence-corrected chi connectivity index (χ4v) is 4.46. The zero-order chi connectivity index (χ0) is 17.1. The van der Waals surface area contributed by atoms with Gasteiger partial charge in [0.25, 0.3) is 0 Å². The molecule has 0 bridgehead atoms. The van der Waals surface area contributed by atoms with E-state index in [9.17, 15) is 9.90 Å². The topological polar surface area (TPSA) is 53.4 Å². The molecule has 2 aromatic rings. The summed E-state index contributed by atoms with van der Waals surface area (Å²) in [5.74, 6) is -0.895. The van der Waals surface area contributed by atoms with E-state index in [1.165, 1.54) is 49.0 Å². The Balaban J connectivity index is 1.85. The van der Waals surface area contributed by atoms with Gasteiger partial charge < -0.3 is 5.11 Å². The molecule has 128 valence electrons. The Morgan fingerprint density at radius 1 is 1.29 bits per heavy atom. The summed E-state index contributed by atoms with van der Waals surface area (Å²) in [5.41, 5.74) is 2.87. The average molecular weight is 344 g/mol. The van der Waals surface area contributed by atoms with Gasteiger partial charge >= 0.3 is 5.97 Å². The molecule has 0 amide bonds. The summed E-state index contributed by atoms with van der Waals surface area (Å²) in [6.45, 7) is 2.64. The van der Waals surface area contributed by atoms with Crippen LogP contribution in [-0.2, 0) is 6.54 Å². The van der Waals surface area contributed by atoms with Gasteiger partial charge in [0.1, 0.15) is 9.88 Å². The van der Waals surface area contributed by atoms with E-state index in [4.69, 9.17) is 0 Å². The van der Waals surface area contributed by atoms with E-state index in [0.717, 1.165) is 17.1 Å². The lowest BCUT2D eigenvalue weighted by Gasteiger charge is -2.31. The predicted octanol–water partition coefficient (Wildman–Crippen LogP) is 4.58. The van der Waals surface area contributed by atoms with Crippen molar-refractivity contribution >= 4 is 17.3 Å². The Labute approximate surface area is 147 Å². The molecule has 0 atom stereocenters. The number of hydrogen-bond acceptors (Lipinski definition) is 4. The van der Waals surface area contributed by atoms with Crippen molar-refractivity contribution in [3.63, 3.8) is 0 Å². The summed E-state index contributed by atoms with van der Waals surface area (Å²) in [6, 6.07) is 8.88. The molecule has 0 aliphatic heterocycles. The standard InChI is InChI=1S/C19H24N2O2S/c1-13-17(19(22)23)24-18(20-13)16-11-7-6-8-14(16)12-21(2)15-9-4-3-5-10-15/h6-8,11,15H,3-5,9-10,12H2,1-2H3,(H,22,23). The molecule has 1 aromatic heterocycles. The number of aryl methyl sites for hydroxylation is 1. The Hall–Kier alpha value is -1.72. The predicted molar refractivity (Wildman–Crippen MR) is 97.6 cm³/mol. The number of aromatic carboxylic acids is 1. The number of rotatable bonds is 5. The van der Waals surface area contributed by atoms with Gasteiger partial charge in [-0.25, -0.2) is 9.78 Å². The maximum absolute atomic E-state index is 11.3. The monoisotopic (exact) mass is 344 g/mol. The summed E-state index contributed by atoms with van der Waals surface area (Å²) in [6.07, 6.45) is 6.56. The van der Waals surface area contributed by atoms with E-state index < -0.39 is 5.97 Å². The number of carboxylic acid groups (broad SMARTS) is 1. The first-order chi connectivity index (χ1) is 11.6. The van der Waals surface area contributed by atoms with E-state index in [-0.39, 0.29) is 0 Å². The van der Waals surface area contributed by atoms with Gasteiger partial charge in [-0.2, -0.15) is 0 Å². The van der Waals surface area contributed by atoms with Crippen LogP contribution >= 0.6 is 11.3 Å². The van der Waals surface area contributed by atoms with Gasteiger partial charge in [-0.3, -0.25) is 4.90 Å². The summed E-state index contributed by atoms with van der Waals surface area (Å²) >= 11 is 1.27. The van der Waals surface area contributed by atoms with Gasteiger partial charge in [0.2, 0.25) is 0 Å². The highest BCUT2D eigenvalue weighted by molar-refractivity contribution is 7.17. The van der Waals surface area contributed by atoms with Gasteiger partial charge in [0, 0.05) is 18.2 Å². The molecule has 1 aliphatic rings. The van der Waals surface area contributed by atoms with Crippen molar-refractivity contribution in [2.24, 2.45) is 0 Å². The van der Waals surface area contributed by atoms with Gasteiger partial charge in [-0.05, 0) is 32.4 Å². The van der Waals surface area contributed by atoms with Crippen LogP contribution in [-0.4, -0.2) is 34.0 Å². The lowest BCUT2D eigenvalue weighted by molar-refractivity contribution is 0.0701. The molecular formula is C19H24N2O2S. The molecule has 24 heavy (non-hydrogen) atoms. The van der Waals surface area contributed by atoms with Crippen LogP contribution in [0.1, 0.15) is 53.0 Å². The molecule has 4 nitrogen and oxygen atoms in total. The van der Waals surface area contributed by atoms with Crippen molar-refractivity contribution in [3.8, 4) is 10.6 Å². The van der Waals surface area contributed by atoms with E-state index in [1.54, 1.807) is 6.92 Å².